The Labute approximate surface area is 91.5 Å². The number of anilines is 2. The SMILES string of the molecule is CCN(CC(C)C)c1ncnc(N)c1C. The summed E-state index contributed by atoms with van der Waals surface area (Å²) in [4.78, 5) is 10.5. The molecule has 0 aliphatic rings. The molecule has 0 aliphatic carbocycles. The van der Waals surface area contributed by atoms with E-state index in [0.29, 0.717) is 11.7 Å². The Morgan fingerprint density at radius 1 is 1.40 bits per heavy atom. The molecule has 0 aliphatic heterocycles. The fourth-order valence-corrected chi connectivity index (χ4v) is 1.58. The van der Waals surface area contributed by atoms with E-state index < -0.39 is 0 Å². The molecule has 0 atom stereocenters. The Kier molecular flexibility index (Phi) is 3.88. The molecule has 0 unspecified atom stereocenters. The molecule has 1 aromatic rings. The molecule has 4 heteroatoms. The van der Waals surface area contributed by atoms with Crippen molar-refractivity contribution in [1.29, 1.82) is 0 Å². The molecular formula is C11H20N4. The predicted molar refractivity (Wildman–Crippen MR) is 63.9 cm³/mol. The molecule has 0 radical (unpaired) electrons. The van der Waals surface area contributed by atoms with Crippen molar-refractivity contribution in [1.82, 2.24) is 9.97 Å². The normalized spacial score (nSPS) is 10.7. The Bertz CT molecular complexity index is 322. The number of aromatic nitrogens is 2. The van der Waals surface area contributed by atoms with Crippen LogP contribution in [0, 0.1) is 12.8 Å². The Morgan fingerprint density at radius 2 is 2.07 bits per heavy atom. The first-order chi connectivity index (χ1) is 7.06. The molecule has 0 bridgehead atoms. The van der Waals surface area contributed by atoms with E-state index in [4.69, 9.17) is 5.73 Å². The van der Waals surface area contributed by atoms with Crippen molar-refractivity contribution in [2.75, 3.05) is 23.7 Å². The van der Waals surface area contributed by atoms with Gasteiger partial charge in [0.1, 0.15) is 18.0 Å². The maximum absolute atomic E-state index is 5.77. The third kappa shape index (κ3) is 2.81. The van der Waals surface area contributed by atoms with Gasteiger partial charge in [-0.3, -0.25) is 0 Å². The molecule has 4 nitrogen and oxygen atoms in total. The maximum Gasteiger partial charge on any atom is 0.137 e. The summed E-state index contributed by atoms with van der Waals surface area (Å²) in [5, 5.41) is 0. The largest absolute Gasteiger partial charge is 0.383 e. The van der Waals surface area contributed by atoms with E-state index in [1.807, 2.05) is 6.92 Å². The summed E-state index contributed by atoms with van der Waals surface area (Å²) >= 11 is 0. The molecule has 1 aromatic heterocycles. The van der Waals surface area contributed by atoms with Crippen molar-refractivity contribution in [3.63, 3.8) is 0 Å². The summed E-state index contributed by atoms with van der Waals surface area (Å²) in [6, 6.07) is 0. The topological polar surface area (TPSA) is 55.0 Å². The van der Waals surface area contributed by atoms with Gasteiger partial charge in [0.15, 0.2) is 0 Å². The van der Waals surface area contributed by atoms with Crippen LogP contribution in [0.25, 0.3) is 0 Å². The third-order valence-corrected chi connectivity index (χ3v) is 2.36. The second kappa shape index (κ2) is 4.96. The minimum Gasteiger partial charge on any atom is -0.383 e. The molecular weight excluding hydrogens is 188 g/mol. The van der Waals surface area contributed by atoms with Crippen LogP contribution < -0.4 is 10.6 Å². The molecule has 1 rings (SSSR count). The van der Waals surface area contributed by atoms with E-state index >= 15 is 0 Å². The number of nitrogen functional groups attached to an aromatic ring is 1. The Balaban J connectivity index is 2.96. The van der Waals surface area contributed by atoms with Gasteiger partial charge >= 0.3 is 0 Å². The summed E-state index contributed by atoms with van der Waals surface area (Å²) in [5.41, 5.74) is 6.74. The number of rotatable bonds is 4. The zero-order valence-corrected chi connectivity index (χ0v) is 9.99. The lowest BCUT2D eigenvalue weighted by Gasteiger charge is -2.25. The molecule has 2 N–H and O–H groups in total. The van der Waals surface area contributed by atoms with Crippen LogP contribution in [-0.4, -0.2) is 23.1 Å². The van der Waals surface area contributed by atoms with Crippen molar-refractivity contribution in [2.24, 2.45) is 5.92 Å². The highest BCUT2D eigenvalue weighted by Crippen LogP contribution is 2.20. The van der Waals surface area contributed by atoms with Gasteiger partial charge in [0, 0.05) is 18.7 Å². The van der Waals surface area contributed by atoms with Crippen molar-refractivity contribution in [3.05, 3.63) is 11.9 Å². The monoisotopic (exact) mass is 208 g/mol. The zero-order valence-electron chi connectivity index (χ0n) is 9.99. The minimum absolute atomic E-state index is 0.571. The van der Waals surface area contributed by atoms with Crippen molar-refractivity contribution < 1.29 is 0 Å². The van der Waals surface area contributed by atoms with Gasteiger partial charge in [-0.15, -0.1) is 0 Å². The second-order valence-corrected chi connectivity index (χ2v) is 4.14. The Morgan fingerprint density at radius 3 is 2.60 bits per heavy atom. The van der Waals surface area contributed by atoms with Gasteiger partial charge in [0.2, 0.25) is 0 Å². The van der Waals surface area contributed by atoms with Gasteiger partial charge in [0.25, 0.3) is 0 Å². The minimum atomic E-state index is 0.571. The van der Waals surface area contributed by atoms with Gasteiger partial charge in [-0.1, -0.05) is 13.8 Å². The van der Waals surface area contributed by atoms with E-state index in [9.17, 15) is 0 Å². The summed E-state index contributed by atoms with van der Waals surface area (Å²) in [6.07, 6.45) is 1.53. The second-order valence-electron chi connectivity index (χ2n) is 4.14. The number of hydrogen-bond donors (Lipinski definition) is 1. The van der Waals surface area contributed by atoms with Crippen LogP contribution in [0.3, 0.4) is 0 Å². The highest BCUT2D eigenvalue weighted by molar-refractivity contribution is 5.55. The fourth-order valence-electron chi connectivity index (χ4n) is 1.58. The van der Waals surface area contributed by atoms with E-state index in [-0.39, 0.29) is 0 Å². The van der Waals surface area contributed by atoms with Crippen molar-refractivity contribution >= 4 is 11.6 Å². The fraction of sp³-hybridized carbons (Fsp3) is 0.636. The molecule has 0 saturated heterocycles. The number of nitrogens with zero attached hydrogens (tertiary/aromatic N) is 3. The number of nitrogens with two attached hydrogens (primary N) is 1. The molecule has 0 aromatic carbocycles. The first kappa shape index (κ1) is 11.8. The summed E-state index contributed by atoms with van der Waals surface area (Å²) in [7, 11) is 0. The van der Waals surface area contributed by atoms with Gasteiger partial charge in [-0.05, 0) is 19.8 Å². The molecule has 84 valence electrons. The standard InChI is InChI=1S/C11H20N4/c1-5-15(6-8(2)3)11-9(4)10(12)13-7-14-11/h7-8H,5-6H2,1-4H3,(H2,12,13,14). The quantitative estimate of drug-likeness (QED) is 0.820. The van der Waals surface area contributed by atoms with E-state index in [1.54, 1.807) is 0 Å². The first-order valence-corrected chi connectivity index (χ1v) is 5.38. The van der Waals surface area contributed by atoms with Crippen LogP contribution in [-0.2, 0) is 0 Å². The number of hydrogen-bond acceptors (Lipinski definition) is 4. The molecule has 1 heterocycles. The lowest BCUT2D eigenvalue weighted by Crippen LogP contribution is -2.29. The summed E-state index contributed by atoms with van der Waals surface area (Å²) < 4.78 is 0. The lowest BCUT2D eigenvalue weighted by atomic mass is 10.2. The molecule has 0 spiro atoms. The van der Waals surface area contributed by atoms with Gasteiger partial charge in [0.05, 0.1) is 0 Å². The smallest absolute Gasteiger partial charge is 0.137 e. The van der Waals surface area contributed by atoms with Crippen molar-refractivity contribution in [2.45, 2.75) is 27.7 Å². The molecule has 0 fully saturated rings. The molecule has 0 amide bonds. The summed E-state index contributed by atoms with van der Waals surface area (Å²) in [5.74, 6) is 2.14. The molecule has 15 heavy (non-hydrogen) atoms. The van der Waals surface area contributed by atoms with Crippen LogP contribution in [0.5, 0.6) is 0 Å². The van der Waals surface area contributed by atoms with Gasteiger partial charge < -0.3 is 10.6 Å². The predicted octanol–water partition coefficient (Wildman–Crippen LogP) is 1.85. The van der Waals surface area contributed by atoms with E-state index in [1.165, 1.54) is 6.33 Å². The zero-order chi connectivity index (χ0) is 11.4. The van der Waals surface area contributed by atoms with Crippen LogP contribution in [0.4, 0.5) is 11.6 Å². The average molecular weight is 208 g/mol. The average Bonchev–Trinajstić information content (AvgIpc) is 2.19. The van der Waals surface area contributed by atoms with Gasteiger partial charge in [-0.25, -0.2) is 9.97 Å². The lowest BCUT2D eigenvalue weighted by molar-refractivity contribution is 0.613. The van der Waals surface area contributed by atoms with E-state index in [2.05, 4.69) is 35.6 Å². The Hall–Kier alpha value is -1.32. The molecule has 0 saturated carbocycles. The first-order valence-electron chi connectivity index (χ1n) is 5.38. The highest BCUT2D eigenvalue weighted by atomic mass is 15.2. The van der Waals surface area contributed by atoms with Gasteiger partial charge in [-0.2, -0.15) is 0 Å². The third-order valence-electron chi connectivity index (χ3n) is 2.36. The maximum atomic E-state index is 5.77. The van der Waals surface area contributed by atoms with E-state index in [0.717, 1.165) is 24.5 Å². The highest BCUT2D eigenvalue weighted by Gasteiger charge is 2.12. The van der Waals surface area contributed by atoms with Crippen LogP contribution in [0.1, 0.15) is 26.3 Å². The van der Waals surface area contributed by atoms with Crippen molar-refractivity contribution in [3.8, 4) is 0 Å². The van der Waals surface area contributed by atoms with Crippen LogP contribution >= 0.6 is 0 Å². The summed E-state index contributed by atoms with van der Waals surface area (Å²) in [6.45, 7) is 10.4. The van der Waals surface area contributed by atoms with Crippen LogP contribution in [0.2, 0.25) is 0 Å². The van der Waals surface area contributed by atoms with Crippen LogP contribution in [0.15, 0.2) is 6.33 Å².